The van der Waals surface area contributed by atoms with E-state index in [2.05, 4.69) is 0 Å². The third-order valence-electron chi connectivity index (χ3n) is 1.90. The number of hydrogen-bond donors (Lipinski definition) is 4. The van der Waals surface area contributed by atoms with Gasteiger partial charge in [0.15, 0.2) is 11.5 Å². The van der Waals surface area contributed by atoms with E-state index < -0.39 is 29.3 Å². The van der Waals surface area contributed by atoms with Gasteiger partial charge in [0, 0.05) is 12.5 Å². The molecule has 0 radical (unpaired) electrons. The smallest absolute Gasteiger partial charge is 0.320 e. The summed E-state index contributed by atoms with van der Waals surface area (Å²) in [5.41, 5.74) is 5.14. The van der Waals surface area contributed by atoms with Crippen molar-refractivity contribution in [3.8, 4) is 11.5 Å². The number of carboxylic acid groups (broad SMARTS) is 1. The van der Waals surface area contributed by atoms with Gasteiger partial charge in [-0.2, -0.15) is 0 Å². The van der Waals surface area contributed by atoms with Crippen molar-refractivity contribution in [1.29, 1.82) is 0 Å². The van der Waals surface area contributed by atoms with Crippen LogP contribution >= 0.6 is 0 Å². The van der Waals surface area contributed by atoms with Crippen LogP contribution in [0.1, 0.15) is 5.56 Å². The van der Waals surface area contributed by atoms with Gasteiger partial charge in [0.2, 0.25) is 0 Å². The number of nitrogens with two attached hydrogens (primary N) is 1. The van der Waals surface area contributed by atoms with Gasteiger partial charge in [-0.05, 0) is 11.6 Å². The molecule has 0 fully saturated rings. The highest BCUT2D eigenvalue weighted by Gasteiger charge is 2.16. The zero-order valence-electron chi connectivity index (χ0n) is 7.64. The molecule has 0 aliphatic carbocycles. The molecule has 5 nitrogen and oxygen atoms in total. The second-order valence-electron chi connectivity index (χ2n) is 3.08. The Bertz CT molecular complexity index is 394. The Morgan fingerprint density at radius 3 is 2.47 bits per heavy atom. The van der Waals surface area contributed by atoms with E-state index in [1.165, 1.54) is 0 Å². The average Bonchev–Trinajstić information content (AvgIpc) is 2.13. The maximum Gasteiger partial charge on any atom is 0.320 e. The number of aliphatic carboxylic acids is 1. The molecule has 0 aliphatic rings. The number of phenols is 2. The fourth-order valence-corrected chi connectivity index (χ4v) is 1.08. The number of rotatable bonds is 3. The summed E-state index contributed by atoms with van der Waals surface area (Å²) in [6.07, 6.45) is -0.255. The van der Waals surface area contributed by atoms with Gasteiger partial charge in [-0.3, -0.25) is 4.79 Å². The van der Waals surface area contributed by atoms with Gasteiger partial charge in [-0.25, -0.2) is 4.39 Å². The zero-order chi connectivity index (χ0) is 11.6. The second-order valence-corrected chi connectivity index (χ2v) is 3.08. The SMILES string of the molecule is NC(Cc1cc(O)c(O)cc1[18F])C(=O)O. The van der Waals surface area contributed by atoms with Gasteiger partial charge in [0.05, 0.1) is 0 Å². The Labute approximate surface area is 84.6 Å². The van der Waals surface area contributed by atoms with Gasteiger partial charge in [0.25, 0.3) is 0 Å². The first-order valence-electron chi connectivity index (χ1n) is 4.10. The summed E-state index contributed by atoms with van der Waals surface area (Å²) >= 11 is 0. The van der Waals surface area contributed by atoms with Crippen LogP contribution in [0.5, 0.6) is 11.5 Å². The number of phenolic OH excluding ortho intramolecular Hbond substituents is 2. The van der Waals surface area contributed by atoms with E-state index in [0.29, 0.717) is 6.07 Å². The molecule has 1 aromatic rings. The molecule has 0 amide bonds. The molecule has 1 unspecified atom stereocenters. The van der Waals surface area contributed by atoms with Crippen LogP contribution in [0.25, 0.3) is 0 Å². The van der Waals surface area contributed by atoms with E-state index in [-0.39, 0.29) is 12.0 Å². The number of carboxylic acids is 1. The lowest BCUT2D eigenvalue weighted by molar-refractivity contribution is -0.138. The fourth-order valence-electron chi connectivity index (χ4n) is 1.08. The second kappa shape index (κ2) is 4.14. The Balaban J connectivity index is 2.95. The first kappa shape index (κ1) is 11.3. The van der Waals surface area contributed by atoms with Crippen molar-refractivity contribution in [2.75, 3.05) is 0 Å². The van der Waals surface area contributed by atoms with Crippen LogP contribution in [0.3, 0.4) is 0 Å². The van der Waals surface area contributed by atoms with E-state index in [1.807, 2.05) is 0 Å². The highest BCUT2D eigenvalue weighted by atomic mass is 18.2. The Morgan fingerprint density at radius 1 is 1.40 bits per heavy atom. The molecule has 0 saturated heterocycles. The lowest BCUT2D eigenvalue weighted by Crippen LogP contribution is -2.32. The van der Waals surface area contributed by atoms with Crippen molar-refractivity contribution < 1.29 is 24.5 Å². The van der Waals surface area contributed by atoms with E-state index in [4.69, 9.17) is 21.1 Å². The van der Waals surface area contributed by atoms with Crippen molar-refractivity contribution in [2.24, 2.45) is 5.73 Å². The summed E-state index contributed by atoms with van der Waals surface area (Å²) in [6, 6.07) is 0.413. The summed E-state index contributed by atoms with van der Waals surface area (Å²) in [5, 5.41) is 26.5. The van der Waals surface area contributed by atoms with Crippen molar-refractivity contribution in [3.63, 3.8) is 0 Å². The lowest BCUT2D eigenvalue weighted by Gasteiger charge is -2.08. The molecule has 0 heterocycles. The minimum absolute atomic E-state index is 0.0554. The van der Waals surface area contributed by atoms with Crippen LogP contribution in [-0.2, 0) is 11.2 Å². The molecule has 1 rings (SSSR count). The standard InChI is InChI=1S/C9H10FNO4/c10-5-3-8(13)7(12)2-4(5)1-6(11)9(14)15/h2-3,6,12-13H,1,11H2,(H,14,15)/i10-1. The molecular formula is C9H10FNO4. The molecular weight excluding hydrogens is 204 g/mol. The third kappa shape index (κ3) is 2.57. The van der Waals surface area contributed by atoms with E-state index >= 15 is 0 Å². The van der Waals surface area contributed by atoms with Crippen molar-refractivity contribution in [3.05, 3.63) is 23.5 Å². The summed E-state index contributed by atoms with van der Waals surface area (Å²) in [7, 11) is 0. The summed E-state index contributed by atoms with van der Waals surface area (Å²) in [6.45, 7) is 0. The highest BCUT2D eigenvalue weighted by Crippen LogP contribution is 2.27. The number of benzene rings is 1. The van der Waals surface area contributed by atoms with E-state index in [9.17, 15) is 9.18 Å². The maximum absolute atomic E-state index is 13.1. The Kier molecular flexibility index (Phi) is 3.11. The number of halogens is 1. The maximum atomic E-state index is 13.1. The summed E-state index contributed by atoms with van der Waals surface area (Å²) < 4.78 is 13.1. The highest BCUT2D eigenvalue weighted by molar-refractivity contribution is 5.73. The van der Waals surface area contributed by atoms with Crippen molar-refractivity contribution in [1.82, 2.24) is 0 Å². The topological polar surface area (TPSA) is 104 Å². The minimum Gasteiger partial charge on any atom is -0.504 e. The molecule has 0 bridgehead atoms. The predicted molar refractivity (Wildman–Crippen MR) is 49.0 cm³/mol. The molecule has 0 spiro atoms. The molecule has 6 heteroatoms. The lowest BCUT2D eigenvalue weighted by atomic mass is 10.1. The normalized spacial score (nSPS) is 12.4. The Hall–Kier alpha value is -1.82. The van der Waals surface area contributed by atoms with Crippen molar-refractivity contribution in [2.45, 2.75) is 12.5 Å². The molecule has 15 heavy (non-hydrogen) atoms. The van der Waals surface area contributed by atoms with Gasteiger partial charge >= 0.3 is 5.97 Å². The van der Waals surface area contributed by atoms with Crippen molar-refractivity contribution >= 4 is 5.97 Å². The molecule has 1 atom stereocenters. The number of aromatic hydroxyl groups is 2. The largest absolute Gasteiger partial charge is 0.504 e. The predicted octanol–water partition coefficient (Wildman–Crippen LogP) is 0.191. The van der Waals surface area contributed by atoms with Gasteiger partial charge in [0.1, 0.15) is 11.9 Å². The van der Waals surface area contributed by atoms with Crippen LogP contribution in [0.15, 0.2) is 12.1 Å². The minimum atomic E-state index is -1.26. The van der Waals surface area contributed by atoms with Crippen LogP contribution in [0.2, 0.25) is 0 Å². The summed E-state index contributed by atoms with van der Waals surface area (Å²) in [4.78, 5) is 10.4. The van der Waals surface area contributed by atoms with E-state index in [1.54, 1.807) is 0 Å². The molecule has 5 N–H and O–H groups in total. The molecule has 0 aliphatic heterocycles. The molecule has 0 aromatic heterocycles. The Morgan fingerprint density at radius 2 is 1.93 bits per heavy atom. The van der Waals surface area contributed by atoms with Gasteiger partial charge in [-0.15, -0.1) is 0 Å². The molecule has 82 valence electrons. The molecule has 0 saturated carbocycles. The number of carbonyl (C=O) groups is 1. The monoisotopic (exact) mass is 214 g/mol. The molecule has 1 aromatic carbocycles. The summed E-state index contributed by atoms with van der Waals surface area (Å²) in [5.74, 6) is -3.17. The quantitative estimate of drug-likeness (QED) is 0.538. The van der Waals surface area contributed by atoms with Crippen LogP contribution in [0, 0.1) is 5.82 Å². The van der Waals surface area contributed by atoms with Gasteiger partial charge < -0.3 is 21.1 Å². The number of hydrogen-bond acceptors (Lipinski definition) is 4. The average molecular weight is 214 g/mol. The van der Waals surface area contributed by atoms with Crippen LogP contribution in [0.4, 0.5) is 4.39 Å². The third-order valence-corrected chi connectivity index (χ3v) is 1.90. The van der Waals surface area contributed by atoms with E-state index in [0.717, 1.165) is 6.07 Å². The first-order valence-corrected chi connectivity index (χ1v) is 4.10. The zero-order valence-corrected chi connectivity index (χ0v) is 7.64. The fraction of sp³-hybridized carbons (Fsp3) is 0.222. The van der Waals surface area contributed by atoms with Crippen LogP contribution < -0.4 is 5.73 Å². The van der Waals surface area contributed by atoms with Crippen LogP contribution in [-0.4, -0.2) is 27.3 Å². The first-order chi connectivity index (χ1) is 6.91. The van der Waals surface area contributed by atoms with Gasteiger partial charge in [-0.1, -0.05) is 0 Å².